The summed E-state index contributed by atoms with van der Waals surface area (Å²) in [6.45, 7) is 4.04. The fraction of sp³-hybridized carbons (Fsp3) is 0.462. The van der Waals surface area contributed by atoms with Gasteiger partial charge in [-0.2, -0.15) is 0 Å². The van der Waals surface area contributed by atoms with Crippen LogP contribution in [0.1, 0.15) is 37.0 Å². The highest BCUT2D eigenvalue weighted by Crippen LogP contribution is 2.21. The first-order valence-corrected chi connectivity index (χ1v) is 7.04. The fourth-order valence-corrected chi connectivity index (χ4v) is 2.38. The molecule has 0 aromatic heterocycles. The largest absolute Gasteiger partial charge is 0.388 e. The van der Waals surface area contributed by atoms with E-state index in [0.717, 1.165) is 0 Å². The van der Waals surface area contributed by atoms with Gasteiger partial charge in [-0.3, -0.25) is 4.79 Å². The molecule has 0 heterocycles. The van der Waals surface area contributed by atoms with Gasteiger partial charge in [0.1, 0.15) is 0 Å². The van der Waals surface area contributed by atoms with Crippen molar-refractivity contribution in [3.05, 3.63) is 33.3 Å². The molecule has 0 aliphatic rings. The SMILES string of the molecule is CCC(O)(CC)CNC(=O)c1ccc(Cl)cc1Br. The van der Waals surface area contributed by atoms with Gasteiger partial charge in [0.05, 0.1) is 11.2 Å². The molecule has 0 bridgehead atoms. The molecule has 0 spiro atoms. The molecule has 18 heavy (non-hydrogen) atoms. The van der Waals surface area contributed by atoms with Crippen LogP contribution in [0.3, 0.4) is 0 Å². The summed E-state index contributed by atoms with van der Waals surface area (Å²) in [5, 5.41) is 13.4. The molecule has 1 aromatic carbocycles. The van der Waals surface area contributed by atoms with Crippen LogP contribution in [-0.2, 0) is 0 Å². The van der Waals surface area contributed by atoms with Crippen LogP contribution in [0.25, 0.3) is 0 Å². The minimum Gasteiger partial charge on any atom is -0.388 e. The third kappa shape index (κ3) is 3.97. The topological polar surface area (TPSA) is 49.3 Å². The molecule has 1 amide bonds. The Hall–Kier alpha value is -0.580. The lowest BCUT2D eigenvalue weighted by atomic mass is 9.97. The van der Waals surface area contributed by atoms with Gasteiger partial charge in [-0.25, -0.2) is 0 Å². The minimum absolute atomic E-state index is 0.223. The normalized spacial score (nSPS) is 11.4. The molecule has 0 aliphatic carbocycles. The van der Waals surface area contributed by atoms with Crippen LogP contribution in [0.2, 0.25) is 5.02 Å². The van der Waals surface area contributed by atoms with E-state index < -0.39 is 5.60 Å². The van der Waals surface area contributed by atoms with Crippen LogP contribution < -0.4 is 5.32 Å². The second kappa shape index (κ2) is 6.55. The third-order valence-electron chi connectivity index (χ3n) is 3.07. The number of rotatable bonds is 5. The predicted octanol–water partition coefficient (Wildman–Crippen LogP) is 3.38. The van der Waals surface area contributed by atoms with Crippen LogP contribution in [0, 0.1) is 0 Å². The Bertz CT molecular complexity index is 433. The van der Waals surface area contributed by atoms with Gasteiger partial charge in [-0.1, -0.05) is 25.4 Å². The van der Waals surface area contributed by atoms with Gasteiger partial charge in [0.25, 0.3) is 5.91 Å². The van der Waals surface area contributed by atoms with Crippen molar-refractivity contribution >= 4 is 33.4 Å². The van der Waals surface area contributed by atoms with E-state index in [2.05, 4.69) is 21.2 Å². The number of amides is 1. The van der Waals surface area contributed by atoms with E-state index in [9.17, 15) is 9.90 Å². The minimum atomic E-state index is -0.839. The molecule has 1 rings (SSSR count). The molecule has 0 fully saturated rings. The van der Waals surface area contributed by atoms with Crippen LogP contribution in [-0.4, -0.2) is 23.2 Å². The molecular formula is C13H17BrClNO2. The summed E-state index contributed by atoms with van der Waals surface area (Å²) in [6, 6.07) is 4.98. The van der Waals surface area contributed by atoms with Crippen molar-refractivity contribution in [2.75, 3.05) is 6.54 Å². The van der Waals surface area contributed by atoms with Gasteiger partial charge in [-0.15, -0.1) is 0 Å². The summed E-state index contributed by atoms with van der Waals surface area (Å²) >= 11 is 9.11. The van der Waals surface area contributed by atoms with E-state index in [1.807, 2.05) is 13.8 Å². The van der Waals surface area contributed by atoms with E-state index in [-0.39, 0.29) is 12.5 Å². The highest BCUT2D eigenvalue weighted by molar-refractivity contribution is 9.10. The van der Waals surface area contributed by atoms with Crippen molar-refractivity contribution in [3.8, 4) is 0 Å². The Morgan fingerprint density at radius 3 is 2.56 bits per heavy atom. The number of carbonyl (C=O) groups is 1. The molecule has 1 aromatic rings. The first-order chi connectivity index (χ1) is 8.41. The van der Waals surface area contributed by atoms with Gasteiger partial charge in [0, 0.05) is 16.0 Å². The summed E-state index contributed by atoms with van der Waals surface area (Å²) in [6.07, 6.45) is 1.21. The Morgan fingerprint density at radius 1 is 1.44 bits per heavy atom. The Kier molecular flexibility index (Phi) is 5.63. The summed E-state index contributed by atoms with van der Waals surface area (Å²) in [5.74, 6) is -0.223. The zero-order valence-corrected chi connectivity index (χ0v) is 12.8. The van der Waals surface area contributed by atoms with Crippen LogP contribution in [0.4, 0.5) is 0 Å². The first-order valence-electron chi connectivity index (χ1n) is 5.87. The Balaban J connectivity index is 2.71. The van der Waals surface area contributed by atoms with E-state index in [1.165, 1.54) is 0 Å². The van der Waals surface area contributed by atoms with Crippen molar-refractivity contribution in [2.45, 2.75) is 32.3 Å². The van der Waals surface area contributed by atoms with Crippen LogP contribution in [0.5, 0.6) is 0 Å². The quantitative estimate of drug-likeness (QED) is 0.867. The van der Waals surface area contributed by atoms with E-state index >= 15 is 0 Å². The maximum absolute atomic E-state index is 12.0. The molecule has 0 saturated carbocycles. The maximum Gasteiger partial charge on any atom is 0.252 e. The van der Waals surface area contributed by atoms with Gasteiger partial charge < -0.3 is 10.4 Å². The number of hydrogen-bond donors (Lipinski definition) is 2. The summed E-state index contributed by atoms with van der Waals surface area (Å²) in [5.41, 5.74) is -0.330. The average Bonchev–Trinajstić information content (AvgIpc) is 2.35. The zero-order chi connectivity index (χ0) is 13.8. The maximum atomic E-state index is 12.0. The number of aliphatic hydroxyl groups is 1. The van der Waals surface area contributed by atoms with Crippen LogP contribution >= 0.6 is 27.5 Å². The molecule has 0 radical (unpaired) electrons. The summed E-state index contributed by atoms with van der Waals surface area (Å²) in [4.78, 5) is 12.0. The van der Waals surface area contributed by atoms with Crippen molar-refractivity contribution in [1.82, 2.24) is 5.32 Å². The van der Waals surface area contributed by atoms with Gasteiger partial charge in [-0.05, 0) is 47.0 Å². The fourth-order valence-electron chi connectivity index (χ4n) is 1.51. The molecule has 2 N–H and O–H groups in total. The molecular weight excluding hydrogens is 318 g/mol. The van der Waals surface area contributed by atoms with Gasteiger partial charge in [0.15, 0.2) is 0 Å². The molecule has 0 unspecified atom stereocenters. The molecule has 5 heteroatoms. The second-order valence-electron chi connectivity index (χ2n) is 4.24. The summed E-state index contributed by atoms with van der Waals surface area (Å²) in [7, 11) is 0. The standard InChI is InChI=1S/C13H17BrClNO2/c1-3-13(18,4-2)8-16-12(17)10-6-5-9(15)7-11(10)14/h5-7,18H,3-4,8H2,1-2H3,(H,16,17). The van der Waals surface area contributed by atoms with Crippen molar-refractivity contribution in [3.63, 3.8) is 0 Å². The predicted molar refractivity (Wildman–Crippen MR) is 77.0 cm³/mol. The zero-order valence-electron chi connectivity index (χ0n) is 10.5. The monoisotopic (exact) mass is 333 g/mol. The average molecular weight is 335 g/mol. The Morgan fingerprint density at radius 2 is 2.06 bits per heavy atom. The number of benzene rings is 1. The van der Waals surface area contributed by atoms with Crippen LogP contribution in [0.15, 0.2) is 22.7 Å². The molecule has 0 saturated heterocycles. The second-order valence-corrected chi connectivity index (χ2v) is 5.53. The molecule has 3 nitrogen and oxygen atoms in total. The smallest absolute Gasteiger partial charge is 0.252 e. The van der Waals surface area contributed by atoms with Gasteiger partial charge in [0.2, 0.25) is 0 Å². The first kappa shape index (κ1) is 15.5. The van der Waals surface area contributed by atoms with E-state index in [1.54, 1.807) is 18.2 Å². The number of carbonyl (C=O) groups excluding carboxylic acids is 1. The van der Waals surface area contributed by atoms with E-state index in [0.29, 0.717) is 27.9 Å². The van der Waals surface area contributed by atoms with Crippen molar-refractivity contribution in [1.29, 1.82) is 0 Å². The molecule has 100 valence electrons. The molecule has 0 atom stereocenters. The highest BCUT2D eigenvalue weighted by atomic mass is 79.9. The lowest BCUT2D eigenvalue weighted by Gasteiger charge is -2.25. The summed E-state index contributed by atoms with van der Waals surface area (Å²) < 4.78 is 0.643. The third-order valence-corrected chi connectivity index (χ3v) is 3.96. The van der Waals surface area contributed by atoms with Crippen molar-refractivity contribution in [2.24, 2.45) is 0 Å². The molecule has 0 aliphatic heterocycles. The lowest BCUT2D eigenvalue weighted by molar-refractivity contribution is 0.0314. The highest BCUT2D eigenvalue weighted by Gasteiger charge is 2.23. The number of hydrogen-bond acceptors (Lipinski definition) is 2. The lowest BCUT2D eigenvalue weighted by Crippen LogP contribution is -2.42. The van der Waals surface area contributed by atoms with Crippen molar-refractivity contribution < 1.29 is 9.90 Å². The number of nitrogens with one attached hydrogen (secondary N) is 1. The Labute approximate surface area is 121 Å². The number of halogens is 2. The van der Waals surface area contributed by atoms with E-state index in [4.69, 9.17) is 11.6 Å². The van der Waals surface area contributed by atoms with Gasteiger partial charge >= 0.3 is 0 Å².